The molecular formula is FeNa2O4S+3. The zero-order chi connectivity index (χ0) is 4.50. The molecular weight excluding hydrogens is 198 g/mol. The Morgan fingerprint density at radius 3 is 1.00 bits per heavy atom. The van der Waals surface area contributed by atoms with Crippen molar-refractivity contribution < 1.29 is 93.7 Å². The van der Waals surface area contributed by atoms with Gasteiger partial charge in [-0.15, -0.1) is 0 Å². The molecule has 0 aliphatic heterocycles. The average molecular weight is 198 g/mol. The number of hydrogen-bond donors (Lipinski definition) is 0. The van der Waals surface area contributed by atoms with Crippen molar-refractivity contribution in [1.82, 2.24) is 0 Å². The van der Waals surface area contributed by atoms with E-state index >= 15 is 0 Å². The monoisotopic (exact) mass is 198 g/mol. The van der Waals surface area contributed by atoms with E-state index in [1.165, 1.54) is 0 Å². The minimum Gasteiger partial charge on any atom is -0.759 e. The maximum Gasteiger partial charge on any atom is 3.00 e. The SMILES string of the molecule is O=S(=O)([O-])[O-].[Fe+3].[Na+].[Na+]. The molecule has 8 heteroatoms. The Kier molecular flexibility index (Phi) is 26.3. The minimum atomic E-state index is -5.17. The number of hydrogen-bond acceptors (Lipinski definition) is 4. The van der Waals surface area contributed by atoms with Crippen LogP contribution in [0.5, 0.6) is 0 Å². The fraction of sp³-hybridized carbons (Fsp3) is 0. The maximum atomic E-state index is 8.52. The molecule has 0 atom stereocenters. The van der Waals surface area contributed by atoms with Crippen LogP contribution in [-0.2, 0) is 27.5 Å². The van der Waals surface area contributed by atoms with Crippen LogP contribution in [0.25, 0.3) is 0 Å². The predicted molar refractivity (Wildman–Crippen MR) is 10.5 cm³/mol. The second kappa shape index (κ2) is 9.39. The van der Waals surface area contributed by atoms with Crippen molar-refractivity contribution >= 4 is 10.4 Å². The Morgan fingerprint density at radius 2 is 1.00 bits per heavy atom. The van der Waals surface area contributed by atoms with Crippen LogP contribution in [0.1, 0.15) is 0 Å². The summed E-state index contributed by atoms with van der Waals surface area (Å²) in [6.07, 6.45) is 0. The zero-order valence-corrected chi connectivity index (χ0v) is 10.3. The Labute approximate surface area is 102 Å². The molecule has 0 unspecified atom stereocenters. The fourth-order valence-corrected chi connectivity index (χ4v) is 0. The third-order valence-corrected chi connectivity index (χ3v) is 0. The quantitative estimate of drug-likeness (QED) is 0.220. The van der Waals surface area contributed by atoms with Gasteiger partial charge >= 0.3 is 76.2 Å². The minimum absolute atomic E-state index is 0. The molecule has 0 spiro atoms. The van der Waals surface area contributed by atoms with Crippen LogP contribution in [0.2, 0.25) is 0 Å². The van der Waals surface area contributed by atoms with Crippen LogP contribution in [-0.4, -0.2) is 17.5 Å². The second-order valence-electron chi connectivity index (χ2n) is 0.408. The van der Waals surface area contributed by atoms with Crippen molar-refractivity contribution in [3.63, 3.8) is 0 Å². The number of rotatable bonds is 0. The molecule has 4 nitrogen and oxygen atoms in total. The van der Waals surface area contributed by atoms with E-state index in [1.54, 1.807) is 0 Å². The molecule has 0 aromatic heterocycles. The smallest absolute Gasteiger partial charge is 0.759 e. The summed E-state index contributed by atoms with van der Waals surface area (Å²) in [5, 5.41) is 0. The summed E-state index contributed by atoms with van der Waals surface area (Å²) in [6.45, 7) is 0. The second-order valence-corrected chi connectivity index (χ2v) is 1.22. The van der Waals surface area contributed by atoms with Gasteiger partial charge in [0, 0.05) is 10.4 Å². The van der Waals surface area contributed by atoms with Crippen LogP contribution < -0.4 is 59.1 Å². The summed E-state index contributed by atoms with van der Waals surface area (Å²) >= 11 is 0. The van der Waals surface area contributed by atoms with Gasteiger partial charge in [-0.25, -0.2) is 0 Å². The molecule has 37 valence electrons. The average Bonchev–Trinajstić information content (AvgIpc) is 0.722. The summed E-state index contributed by atoms with van der Waals surface area (Å²) in [6, 6.07) is 0. The Bertz CT molecular complexity index is 97.2. The molecule has 0 rings (SSSR count). The molecule has 1 radical (unpaired) electrons. The van der Waals surface area contributed by atoms with Crippen LogP contribution in [0.3, 0.4) is 0 Å². The molecule has 0 aliphatic carbocycles. The third kappa shape index (κ3) is 80.2. The molecule has 0 fully saturated rings. The molecule has 0 saturated heterocycles. The molecule has 0 heterocycles. The van der Waals surface area contributed by atoms with Crippen molar-refractivity contribution in [3.8, 4) is 0 Å². The van der Waals surface area contributed by atoms with Gasteiger partial charge in [0.2, 0.25) is 0 Å². The van der Waals surface area contributed by atoms with E-state index in [0.717, 1.165) is 0 Å². The van der Waals surface area contributed by atoms with E-state index in [9.17, 15) is 0 Å². The molecule has 0 N–H and O–H groups in total. The third-order valence-electron chi connectivity index (χ3n) is 0. The van der Waals surface area contributed by atoms with Gasteiger partial charge < -0.3 is 9.11 Å². The van der Waals surface area contributed by atoms with E-state index in [0.29, 0.717) is 0 Å². The van der Waals surface area contributed by atoms with Gasteiger partial charge in [-0.2, -0.15) is 0 Å². The predicted octanol–water partition coefficient (Wildman–Crippen LogP) is -7.33. The van der Waals surface area contributed by atoms with Crippen molar-refractivity contribution in [1.29, 1.82) is 0 Å². The maximum absolute atomic E-state index is 8.52. The normalized spacial score (nSPS) is 7.25. The Morgan fingerprint density at radius 1 is 1.00 bits per heavy atom. The first-order chi connectivity index (χ1) is 2.00. The van der Waals surface area contributed by atoms with Gasteiger partial charge in [0.1, 0.15) is 0 Å². The molecule has 8 heavy (non-hydrogen) atoms. The van der Waals surface area contributed by atoms with Crippen LogP contribution >= 0.6 is 0 Å². The first-order valence-electron chi connectivity index (χ1n) is 0.667. The van der Waals surface area contributed by atoms with Gasteiger partial charge in [0.05, 0.1) is 0 Å². The van der Waals surface area contributed by atoms with E-state index in [2.05, 4.69) is 0 Å². The molecule has 0 bridgehead atoms. The van der Waals surface area contributed by atoms with E-state index in [1.807, 2.05) is 0 Å². The topological polar surface area (TPSA) is 80.3 Å². The van der Waals surface area contributed by atoms with Gasteiger partial charge in [-0.05, 0) is 0 Å². The van der Waals surface area contributed by atoms with E-state index < -0.39 is 10.4 Å². The summed E-state index contributed by atoms with van der Waals surface area (Å²) < 4.78 is 34.1. The molecule has 0 saturated carbocycles. The van der Waals surface area contributed by atoms with Gasteiger partial charge in [-0.3, -0.25) is 8.42 Å². The standard InChI is InChI=1S/Fe.2Na.H2O4S/c;;;1-5(2,3)4/h;;;(H2,1,2,3,4)/q+3;2*+1;/p-2. The van der Waals surface area contributed by atoms with Gasteiger partial charge in [0.15, 0.2) is 0 Å². The first-order valence-corrected chi connectivity index (χ1v) is 2.00. The Hall–Kier alpha value is 2.39. The molecule has 0 aliphatic rings. The molecule has 0 amide bonds. The van der Waals surface area contributed by atoms with Crippen molar-refractivity contribution in [2.75, 3.05) is 0 Å². The first kappa shape index (κ1) is 22.4. The van der Waals surface area contributed by atoms with Crippen molar-refractivity contribution in [3.05, 3.63) is 0 Å². The Balaban J connectivity index is -0.0000000267. The van der Waals surface area contributed by atoms with Gasteiger partial charge in [-0.1, -0.05) is 0 Å². The summed E-state index contributed by atoms with van der Waals surface area (Å²) in [5.41, 5.74) is 0. The van der Waals surface area contributed by atoms with E-state index in [-0.39, 0.29) is 76.2 Å². The van der Waals surface area contributed by atoms with E-state index in [4.69, 9.17) is 17.5 Å². The van der Waals surface area contributed by atoms with Crippen LogP contribution in [0, 0.1) is 0 Å². The fourth-order valence-electron chi connectivity index (χ4n) is 0. The summed E-state index contributed by atoms with van der Waals surface area (Å²) in [5.74, 6) is 0. The largest absolute Gasteiger partial charge is 3.00 e. The van der Waals surface area contributed by atoms with Crippen LogP contribution in [0.4, 0.5) is 0 Å². The molecule has 0 aromatic carbocycles. The van der Waals surface area contributed by atoms with Crippen molar-refractivity contribution in [2.45, 2.75) is 0 Å². The van der Waals surface area contributed by atoms with Crippen molar-refractivity contribution in [2.24, 2.45) is 0 Å². The van der Waals surface area contributed by atoms with Gasteiger partial charge in [0.25, 0.3) is 0 Å². The molecule has 0 aromatic rings. The summed E-state index contributed by atoms with van der Waals surface area (Å²) in [4.78, 5) is 0. The van der Waals surface area contributed by atoms with Crippen LogP contribution in [0.15, 0.2) is 0 Å². The zero-order valence-electron chi connectivity index (χ0n) is 4.39. The summed E-state index contributed by atoms with van der Waals surface area (Å²) in [7, 11) is -5.17.